The number of fused-ring (bicyclic) bond motifs is 3. The summed E-state index contributed by atoms with van der Waals surface area (Å²) in [6, 6.07) is 13.6. The Balaban J connectivity index is 1.75. The Hall–Kier alpha value is -2.44. The van der Waals surface area contributed by atoms with Crippen LogP contribution in [0.15, 0.2) is 42.5 Å². The number of pyridine rings is 1. The number of anilines is 1. The molecule has 6 nitrogen and oxygen atoms in total. The Labute approximate surface area is 153 Å². The highest BCUT2D eigenvalue weighted by Gasteiger charge is 2.33. The van der Waals surface area contributed by atoms with Gasteiger partial charge in [-0.1, -0.05) is 30.3 Å². The molecule has 1 aromatic heterocycles. The highest BCUT2D eigenvalue weighted by Crippen LogP contribution is 2.28. The largest absolute Gasteiger partial charge is 0.478 e. The second kappa shape index (κ2) is 7.05. The van der Waals surface area contributed by atoms with E-state index in [2.05, 4.69) is 16.8 Å². The second-order valence-electron chi connectivity index (χ2n) is 7.14. The molecule has 4 rings (SSSR count). The van der Waals surface area contributed by atoms with Crippen LogP contribution >= 0.6 is 0 Å². The van der Waals surface area contributed by atoms with Crippen LogP contribution in [0.25, 0.3) is 11.3 Å². The van der Waals surface area contributed by atoms with E-state index in [1.54, 1.807) is 12.1 Å². The van der Waals surface area contributed by atoms with Gasteiger partial charge in [0.15, 0.2) is 0 Å². The van der Waals surface area contributed by atoms with Gasteiger partial charge in [0, 0.05) is 31.1 Å². The Kier molecular flexibility index (Phi) is 4.61. The number of nitrogens with zero attached hydrogens (tertiary/aromatic N) is 3. The molecule has 0 aliphatic carbocycles. The molecule has 2 aliphatic rings. The summed E-state index contributed by atoms with van der Waals surface area (Å²) in [4.78, 5) is 21.0. The van der Waals surface area contributed by atoms with Crippen LogP contribution in [-0.2, 0) is 4.74 Å². The molecule has 0 amide bonds. The number of aromatic nitrogens is 1. The van der Waals surface area contributed by atoms with E-state index >= 15 is 0 Å². The molecule has 2 aliphatic heterocycles. The molecule has 1 aromatic carbocycles. The van der Waals surface area contributed by atoms with Crippen molar-refractivity contribution < 1.29 is 14.6 Å². The van der Waals surface area contributed by atoms with Crippen LogP contribution in [0.5, 0.6) is 0 Å². The number of likely N-dealkylation sites (N-methyl/N-ethyl adjacent to an activating group) is 1. The van der Waals surface area contributed by atoms with Gasteiger partial charge in [-0.25, -0.2) is 9.78 Å². The Morgan fingerprint density at radius 3 is 2.69 bits per heavy atom. The first-order valence-electron chi connectivity index (χ1n) is 8.94. The fraction of sp³-hybridized carbons (Fsp3) is 0.400. The maximum Gasteiger partial charge on any atom is 0.339 e. The van der Waals surface area contributed by atoms with E-state index < -0.39 is 5.97 Å². The normalized spacial score (nSPS) is 23.5. The third kappa shape index (κ3) is 3.30. The van der Waals surface area contributed by atoms with Gasteiger partial charge in [0.05, 0.1) is 24.9 Å². The third-order valence-electron chi connectivity index (χ3n) is 5.22. The molecule has 2 saturated heterocycles. The summed E-state index contributed by atoms with van der Waals surface area (Å²) in [6.07, 6.45) is 0. The lowest BCUT2D eigenvalue weighted by Crippen LogP contribution is -2.43. The van der Waals surface area contributed by atoms with Crippen molar-refractivity contribution in [2.75, 3.05) is 44.8 Å². The molecule has 6 heteroatoms. The average Bonchev–Trinajstić information content (AvgIpc) is 2.90. The molecular formula is C20H23N3O3. The number of rotatable bonds is 3. The first kappa shape index (κ1) is 17.0. The van der Waals surface area contributed by atoms with Crippen LogP contribution in [0.4, 0.5) is 5.82 Å². The molecule has 2 aromatic rings. The molecule has 2 atom stereocenters. The highest BCUT2D eigenvalue weighted by molar-refractivity contribution is 5.94. The summed E-state index contributed by atoms with van der Waals surface area (Å²) in [7, 11) is 2.11. The van der Waals surface area contributed by atoms with Gasteiger partial charge in [0.2, 0.25) is 0 Å². The summed E-state index contributed by atoms with van der Waals surface area (Å²) in [5, 5.41) is 9.68. The summed E-state index contributed by atoms with van der Waals surface area (Å²) in [6.45, 7) is 3.81. The minimum Gasteiger partial charge on any atom is -0.478 e. The number of benzene rings is 1. The molecule has 3 heterocycles. The zero-order valence-electron chi connectivity index (χ0n) is 14.8. The Bertz CT molecular complexity index is 796. The number of hydrogen-bond acceptors (Lipinski definition) is 5. The molecule has 2 bridgehead atoms. The lowest BCUT2D eigenvalue weighted by atomic mass is 10.1. The van der Waals surface area contributed by atoms with Gasteiger partial charge in [0.25, 0.3) is 0 Å². The average molecular weight is 353 g/mol. The highest BCUT2D eigenvalue weighted by atomic mass is 16.5. The summed E-state index contributed by atoms with van der Waals surface area (Å²) < 4.78 is 5.78. The zero-order valence-corrected chi connectivity index (χ0v) is 14.8. The molecule has 1 N–H and O–H groups in total. The quantitative estimate of drug-likeness (QED) is 0.913. The van der Waals surface area contributed by atoms with Crippen molar-refractivity contribution in [1.29, 1.82) is 0 Å². The van der Waals surface area contributed by atoms with Gasteiger partial charge < -0.3 is 14.7 Å². The summed E-state index contributed by atoms with van der Waals surface area (Å²) in [5.41, 5.74) is 2.04. The number of carboxylic acid groups (broad SMARTS) is 1. The van der Waals surface area contributed by atoms with Gasteiger partial charge in [-0.3, -0.25) is 4.90 Å². The monoisotopic (exact) mass is 353 g/mol. The molecule has 2 fully saturated rings. The second-order valence-corrected chi connectivity index (χ2v) is 7.14. The molecule has 0 radical (unpaired) electrons. The predicted molar refractivity (Wildman–Crippen MR) is 99.6 cm³/mol. The van der Waals surface area contributed by atoms with Gasteiger partial charge in [0.1, 0.15) is 11.4 Å². The minimum atomic E-state index is -0.939. The molecule has 0 spiro atoms. The van der Waals surface area contributed by atoms with Crippen LogP contribution < -0.4 is 4.90 Å². The van der Waals surface area contributed by atoms with Crippen LogP contribution in [0.3, 0.4) is 0 Å². The smallest absolute Gasteiger partial charge is 0.339 e. The molecule has 136 valence electrons. The first-order chi connectivity index (χ1) is 12.6. The lowest BCUT2D eigenvalue weighted by Gasteiger charge is -2.31. The van der Waals surface area contributed by atoms with Crippen LogP contribution in [0.1, 0.15) is 10.4 Å². The van der Waals surface area contributed by atoms with E-state index in [4.69, 9.17) is 9.72 Å². The van der Waals surface area contributed by atoms with E-state index in [0.29, 0.717) is 24.9 Å². The summed E-state index contributed by atoms with van der Waals surface area (Å²) >= 11 is 0. The number of carbonyl (C=O) groups is 1. The lowest BCUT2D eigenvalue weighted by molar-refractivity contribution is 0.0696. The van der Waals surface area contributed by atoms with Gasteiger partial charge in [-0.2, -0.15) is 0 Å². The van der Waals surface area contributed by atoms with E-state index in [9.17, 15) is 9.90 Å². The van der Waals surface area contributed by atoms with Crippen LogP contribution in [0.2, 0.25) is 0 Å². The number of ether oxygens (including phenoxy) is 1. The standard InChI is InChI=1S/C20H23N3O3/c1-22-9-14-10-23(11-16(22)13-26-12-14)19-17(20(24)25)7-8-18(21-19)15-5-3-2-4-6-15/h2-8,14,16H,9-13H2,1H3,(H,24,25)/t14-,16+/m1/s1. The molecule has 26 heavy (non-hydrogen) atoms. The fourth-order valence-corrected chi connectivity index (χ4v) is 3.85. The SMILES string of the molecule is CN1C[C@H]2COC[C@@H]1CN(c1nc(-c3ccccc3)ccc1C(=O)O)C2. The van der Waals surface area contributed by atoms with Crippen molar-refractivity contribution in [2.24, 2.45) is 5.92 Å². The van der Waals surface area contributed by atoms with Crippen molar-refractivity contribution in [3.8, 4) is 11.3 Å². The Morgan fingerprint density at radius 2 is 1.92 bits per heavy atom. The maximum absolute atomic E-state index is 11.8. The minimum absolute atomic E-state index is 0.242. The van der Waals surface area contributed by atoms with E-state index in [0.717, 1.165) is 30.9 Å². The van der Waals surface area contributed by atoms with Crippen molar-refractivity contribution >= 4 is 11.8 Å². The number of hydrogen-bond donors (Lipinski definition) is 1. The molecule has 0 saturated carbocycles. The van der Waals surface area contributed by atoms with Crippen LogP contribution in [-0.4, -0.2) is 66.9 Å². The fourth-order valence-electron chi connectivity index (χ4n) is 3.85. The molecule has 0 unspecified atom stereocenters. The topological polar surface area (TPSA) is 65.9 Å². The number of carboxylic acids is 1. The van der Waals surface area contributed by atoms with E-state index in [1.165, 1.54) is 0 Å². The molecular weight excluding hydrogens is 330 g/mol. The first-order valence-corrected chi connectivity index (χ1v) is 8.94. The van der Waals surface area contributed by atoms with E-state index in [1.807, 2.05) is 30.3 Å². The maximum atomic E-state index is 11.8. The van der Waals surface area contributed by atoms with Crippen molar-refractivity contribution in [2.45, 2.75) is 6.04 Å². The number of aromatic carboxylic acids is 1. The Morgan fingerprint density at radius 1 is 1.12 bits per heavy atom. The van der Waals surface area contributed by atoms with Gasteiger partial charge >= 0.3 is 5.97 Å². The zero-order chi connectivity index (χ0) is 18.1. The third-order valence-corrected chi connectivity index (χ3v) is 5.22. The van der Waals surface area contributed by atoms with Gasteiger partial charge in [-0.15, -0.1) is 0 Å². The van der Waals surface area contributed by atoms with Crippen LogP contribution in [0, 0.1) is 5.92 Å². The van der Waals surface area contributed by atoms with Crippen molar-refractivity contribution in [3.05, 3.63) is 48.0 Å². The summed E-state index contributed by atoms with van der Waals surface area (Å²) in [5.74, 6) is -0.0338. The van der Waals surface area contributed by atoms with Crippen molar-refractivity contribution in [1.82, 2.24) is 9.88 Å². The van der Waals surface area contributed by atoms with Crippen molar-refractivity contribution in [3.63, 3.8) is 0 Å². The predicted octanol–water partition coefficient (Wildman–Crippen LogP) is 2.21. The van der Waals surface area contributed by atoms with E-state index in [-0.39, 0.29) is 11.6 Å². The van der Waals surface area contributed by atoms with Gasteiger partial charge in [-0.05, 0) is 19.2 Å².